The third-order valence-electron chi connectivity index (χ3n) is 3.51. The topological polar surface area (TPSA) is 73.1 Å². The Bertz CT molecular complexity index is 812. The second kappa shape index (κ2) is 8.35. The first-order valence-corrected chi connectivity index (χ1v) is 7.50. The molecular formula is C20H18N2O2. The van der Waals surface area contributed by atoms with E-state index in [9.17, 15) is 9.90 Å². The molecule has 0 aliphatic rings. The maximum atomic E-state index is 12.1. The Balaban J connectivity index is 1.99. The molecule has 0 heterocycles. The van der Waals surface area contributed by atoms with Crippen LogP contribution in [0.15, 0.2) is 66.3 Å². The van der Waals surface area contributed by atoms with E-state index in [1.54, 1.807) is 36.4 Å². The second-order valence-electron chi connectivity index (χ2n) is 5.25. The number of allylic oxidation sites excluding steroid dienone is 2. The number of amides is 1. The predicted octanol–water partition coefficient (Wildman–Crippen LogP) is 3.48. The van der Waals surface area contributed by atoms with E-state index in [1.165, 1.54) is 6.08 Å². The van der Waals surface area contributed by atoms with Crippen molar-refractivity contribution in [2.24, 2.45) is 0 Å². The number of hydrogen-bond acceptors (Lipinski definition) is 3. The quantitative estimate of drug-likeness (QED) is 0.503. The summed E-state index contributed by atoms with van der Waals surface area (Å²) in [5.41, 5.74) is 3.01. The minimum absolute atomic E-state index is 0.0404. The molecule has 0 fully saturated rings. The molecular weight excluding hydrogens is 300 g/mol. The van der Waals surface area contributed by atoms with Crippen molar-refractivity contribution < 1.29 is 9.90 Å². The predicted molar refractivity (Wildman–Crippen MR) is 93.9 cm³/mol. The molecule has 0 aliphatic heterocycles. The van der Waals surface area contributed by atoms with Gasteiger partial charge in [-0.05, 0) is 41.8 Å². The Morgan fingerprint density at radius 1 is 1.21 bits per heavy atom. The number of nitriles is 1. The monoisotopic (exact) mass is 318 g/mol. The highest BCUT2D eigenvalue weighted by Gasteiger charge is 2.07. The molecule has 2 aromatic carbocycles. The van der Waals surface area contributed by atoms with Gasteiger partial charge in [-0.2, -0.15) is 5.26 Å². The van der Waals surface area contributed by atoms with Crippen LogP contribution in [0, 0.1) is 18.3 Å². The van der Waals surface area contributed by atoms with Crippen molar-refractivity contribution >= 4 is 12.0 Å². The van der Waals surface area contributed by atoms with Gasteiger partial charge >= 0.3 is 0 Å². The minimum atomic E-state index is -0.406. The SMILES string of the molecule is Cc1ccccc1CNC(=O)C(C#N)=CC=Cc1ccc(O)cc1. The van der Waals surface area contributed by atoms with Gasteiger partial charge in [0.15, 0.2) is 0 Å². The lowest BCUT2D eigenvalue weighted by atomic mass is 10.1. The maximum Gasteiger partial charge on any atom is 0.262 e. The Kier molecular flexibility index (Phi) is 5.93. The number of carbonyl (C=O) groups is 1. The molecule has 1 amide bonds. The zero-order chi connectivity index (χ0) is 17.4. The molecule has 0 spiro atoms. The zero-order valence-corrected chi connectivity index (χ0v) is 13.4. The standard InChI is InChI=1S/C20H18N2O2/c1-15-5-2-3-7-18(15)14-22-20(24)17(13-21)8-4-6-16-9-11-19(23)12-10-16/h2-12,23H,14H2,1H3,(H,22,24). The molecule has 4 nitrogen and oxygen atoms in total. The number of carbonyl (C=O) groups excluding carboxylic acids is 1. The van der Waals surface area contributed by atoms with Crippen molar-refractivity contribution in [1.29, 1.82) is 5.26 Å². The Morgan fingerprint density at radius 2 is 1.92 bits per heavy atom. The number of hydrogen-bond donors (Lipinski definition) is 2. The van der Waals surface area contributed by atoms with Crippen LogP contribution < -0.4 is 5.32 Å². The Morgan fingerprint density at radius 3 is 2.58 bits per heavy atom. The van der Waals surface area contributed by atoms with Crippen LogP contribution in [0.4, 0.5) is 0 Å². The molecule has 0 unspecified atom stereocenters. The molecule has 0 radical (unpaired) electrons. The van der Waals surface area contributed by atoms with Crippen LogP contribution in [0.5, 0.6) is 5.75 Å². The normalized spacial score (nSPS) is 11.2. The van der Waals surface area contributed by atoms with Crippen molar-refractivity contribution in [3.63, 3.8) is 0 Å². The average Bonchev–Trinajstić information content (AvgIpc) is 2.59. The van der Waals surface area contributed by atoms with E-state index in [4.69, 9.17) is 5.26 Å². The van der Waals surface area contributed by atoms with Gasteiger partial charge in [-0.3, -0.25) is 4.79 Å². The summed E-state index contributed by atoms with van der Waals surface area (Å²) >= 11 is 0. The van der Waals surface area contributed by atoms with Gasteiger partial charge < -0.3 is 10.4 Å². The number of aryl methyl sites for hydroxylation is 1. The van der Waals surface area contributed by atoms with E-state index in [2.05, 4.69) is 5.32 Å². The first kappa shape index (κ1) is 17.0. The Labute approximate surface area is 141 Å². The van der Waals surface area contributed by atoms with Gasteiger partial charge in [-0.25, -0.2) is 0 Å². The summed E-state index contributed by atoms with van der Waals surface area (Å²) in [5.74, 6) is -0.216. The number of benzene rings is 2. The third-order valence-corrected chi connectivity index (χ3v) is 3.51. The van der Waals surface area contributed by atoms with E-state index in [-0.39, 0.29) is 11.3 Å². The number of phenols is 1. The molecule has 4 heteroatoms. The van der Waals surface area contributed by atoms with Crippen molar-refractivity contribution in [1.82, 2.24) is 5.32 Å². The summed E-state index contributed by atoms with van der Waals surface area (Å²) in [6, 6.07) is 16.3. The number of rotatable bonds is 5. The smallest absolute Gasteiger partial charge is 0.262 e. The number of phenolic OH excluding ortho intramolecular Hbond substituents is 1. The lowest BCUT2D eigenvalue weighted by Gasteiger charge is -2.06. The van der Waals surface area contributed by atoms with Crippen molar-refractivity contribution in [3.8, 4) is 11.8 Å². The van der Waals surface area contributed by atoms with E-state index in [0.717, 1.165) is 16.7 Å². The van der Waals surface area contributed by atoms with Gasteiger partial charge in [0.25, 0.3) is 5.91 Å². The van der Waals surface area contributed by atoms with Crippen LogP contribution in [0.3, 0.4) is 0 Å². The maximum absolute atomic E-state index is 12.1. The average molecular weight is 318 g/mol. The molecule has 0 saturated heterocycles. The minimum Gasteiger partial charge on any atom is -0.508 e. The molecule has 2 rings (SSSR count). The van der Waals surface area contributed by atoms with Gasteiger partial charge in [-0.15, -0.1) is 0 Å². The molecule has 2 aromatic rings. The number of aromatic hydroxyl groups is 1. The van der Waals surface area contributed by atoms with Gasteiger partial charge in [-0.1, -0.05) is 48.6 Å². The fourth-order valence-electron chi connectivity index (χ4n) is 2.08. The van der Waals surface area contributed by atoms with Gasteiger partial charge in [0, 0.05) is 6.54 Å². The van der Waals surface area contributed by atoms with Crippen LogP contribution in [0.25, 0.3) is 6.08 Å². The van der Waals surface area contributed by atoms with Crippen LogP contribution in [0.2, 0.25) is 0 Å². The molecule has 0 aromatic heterocycles. The highest BCUT2D eigenvalue weighted by Crippen LogP contribution is 2.11. The number of nitrogens with one attached hydrogen (secondary N) is 1. The summed E-state index contributed by atoms with van der Waals surface area (Å²) in [6.07, 6.45) is 4.86. The summed E-state index contributed by atoms with van der Waals surface area (Å²) < 4.78 is 0. The van der Waals surface area contributed by atoms with Gasteiger partial charge in [0.05, 0.1) is 0 Å². The summed E-state index contributed by atoms with van der Waals surface area (Å²) in [6.45, 7) is 2.36. The summed E-state index contributed by atoms with van der Waals surface area (Å²) in [4.78, 5) is 12.1. The first-order chi connectivity index (χ1) is 11.6. The molecule has 0 aliphatic carbocycles. The first-order valence-electron chi connectivity index (χ1n) is 7.50. The van der Waals surface area contributed by atoms with Crippen LogP contribution in [0.1, 0.15) is 16.7 Å². The summed E-state index contributed by atoms with van der Waals surface area (Å²) in [7, 11) is 0. The van der Waals surface area contributed by atoms with Crippen LogP contribution in [-0.4, -0.2) is 11.0 Å². The fourth-order valence-corrected chi connectivity index (χ4v) is 2.08. The molecule has 0 atom stereocenters. The highest BCUT2D eigenvalue weighted by atomic mass is 16.3. The summed E-state index contributed by atoms with van der Waals surface area (Å²) in [5, 5.41) is 21.1. The van der Waals surface area contributed by atoms with Crippen molar-refractivity contribution in [2.45, 2.75) is 13.5 Å². The molecule has 0 bridgehead atoms. The largest absolute Gasteiger partial charge is 0.508 e. The highest BCUT2D eigenvalue weighted by molar-refractivity contribution is 5.97. The van der Waals surface area contributed by atoms with Crippen LogP contribution >= 0.6 is 0 Å². The molecule has 24 heavy (non-hydrogen) atoms. The van der Waals surface area contributed by atoms with E-state index >= 15 is 0 Å². The van der Waals surface area contributed by atoms with E-state index in [1.807, 2.05) is 37.3 Å². The zero-order valence-electron chi connectivity index (χ0n) is 13.4. The molecule has 0 saturated carbocycles. The molecule has 120 valence electrons. The third kappa shape index (κ3) is 4.85. The molecule has 2 N–H and O–H groups in total. The van der Waals surface area contributed by atoms with Crippen molar-refractivity contribution in [3.05, 3.63) is 82.9 Å². The Hall–Kier alpha value is -3.32. The lowest BCUT2D eigenvalue weighted by molar-refractivity contribution is -0.117. The van der Waals surface area contributed by atoms with Gasteiger partial charge in [0.1, 0.15) is 17.4 Å². The second-order valence-corrected chi connectivity index (χ2v) is 5.25. The van der Waals surface area contributed by atoms with E-state index < -0.39 is 5.91 Å². The van der Waals surface area contributed by atoms with Gasteiger partial charge in [0.2, 0.25) is 0 Å². The van der Waals surface area contributed by atoms with Crippen molar-refractivity contribution in [2.75, 3.05) is 0 Å². The van der Waals surface area contributed by atoms with E-state index in [0.29, 0.717) is 6.54 Å². The lowest BCUT2D eigenvalue weighted by Crippen LogP contribution is -2.24. The van der Waals surface area contributed by atoms with Crippen LogP contribution in [-0.2, 0) is 11.3 Å². The fraction of sp³-hybridized carbons (Fsp3) is 0.100. The number of nitrogens with zero attached hydrogens (tertiary/aromatic N) is 1.